The number of thioether (sulfide) groups is 1. The summed E-state index contributed by atoms with van der Waals surface area (Å²) in [5, 5.41) is 8.44. The van der Waals surface area contributed by atoms with Crippen LogP contribution in [0.2, 0.25) is 0 Å². The summed E-state index contributed by atoms with van der Waals surface area (Å²) < 4.78 is 2.04. The first-order valence-corrected chi connectivity index (χ1v) is 10.4. The summed E-state index contributed by atoms with van der Waals surface area (Å²) in [6.45, 7) is 4.25. The van der Waals surface area contributed by atoms with E-state index in [9.17, 15) is 4.79 Å². The number of benzene rings is 1. The summed E-state index contributed by atoms with van der Waals surface area (Å²) in [4.78, 5) is 20.7. The minimum atomic E-state index is -0.00482. The van der Waals surface area contributed by atoms with Crippen LogP contribution in [0.4, 0.5) is 0 Å². The fourth-order valence-electron chi connectivity index (χ4n) is 3.61. The Kier molecular flexibility index (Phi) is 5.43. The van der Waals surface area contributed by atoms with E-state index in [2.05, 4.69) is 52.4 Å². The number of aryl methyl sites for hydroxylation is 1. The standard InChI is InChI=1S/C21H23N5OS/c1-14-6-3-8-18(15(14)2)26-19-9-4-7-17(16(19)12-24-26)25-20(27)13-28-21-22-10-5-11-23-21/h3,5-6,8,10-12,17H,4,7,9,13H2,1-2H3,(H,25,27). The van der Waals surface area contributed by atoms with Gasteiger partial charge < -0.3 is 5.32 Å². The second-order valence-electron chi connectivity index (χ2n) is 7.01. The van der Waals surface area contributed by atoms with Crippen LogP contribution in [0.1, 0.15) is 41.3 Å². The molecule has 0 spiro atoms. The maximum Gasteiger partial charge on any atom is 0.230 e. The Balaban J connectivity index is 1.49. The van der Waals surface area contributed by atoms with Crippen LogP contribution in [0.25, 0.3) is 5.69 Å². The number of hydrogen-bond acceptors (Lipinski definition) is 5. The van der Waals surface area contributed by atoms with E-state index in [1.54, 1.807) is 18.5 Å². The van der Waals surface area contributed by atoms with E-state index in [1.807, 2.05) is 10.9 Å². The summed E-state index contributed by atoms with van der Waals surface area (Å²) in [5.41, 5.74) is 5.93. The van der Waals surface area contributed by atoms with E-state index >= 15 is 0 Å². The van der Waals surface area contributed by atoms with Crippen molar-refractivity contribution >= 4 is 17.7 Å². The molecule has 0 saturated heterocycles. The number of rotatable bonds is 5. The quantitative estimate of drug-likeness (QED) is 0.530. The van der Waals surface area contributed by atoms with E-state index < -0.39 is 0 Å². The van der Waals surface area contributed by atoms with Crippen molar-refractivity contribution in [2.24, 2.45) is 0 Å². The zero-order valence-corrected chi connectivity index (χ0v) is 16.9. The van der Waals surface area contributed by atoms with E-state index in [-0.39, 0.29) is 11.9 Å². The van der Waals surface area contributed by atoms with Crippen LogP contribution in [0.3, 0.4) is 0 Å². The second kappa shape index (κ2) is 8.14. The summed E-state index contributed by atoms with van der Waals surface area (Å²) >= 11 is 1.35. The molecule has 144 valence electrons. The van der Waals surface area contributed by atoms with Gasteiger partial charge in [0.25, 0.3) is 0 Å². The van der Waals surface area contributed by atoms with Crippen molar-refractivity contribution in [2.45, 2.75) is 44.3 Å². The highest BCUT2D eigenvalue weighted by Gasteiger charge is 2.26. The largest absolute Gasteiger partial charge is 0.348 e. The first-order chi connectivity index (χ1) is 13.6. The number of carbonyl (C=O) groups is 1. The smallest absolute Gasteiger partial charge is 0.230 e. The molecule has 1 aromatic carbocycles. The molecule has 3 aromatic rings. The highest BCUT2D eigenvalue weighted by Crippen LogP contribution is 2.32. The minimum Gasteiger partial charge on any atom is -0.348 e. The van der Waals surface area contributed by atoms with Gasteiger partial charge in [-0.05, 0) is 56.4 Å². The first kappa shape index (κ1) is 18.7. The molecular weight excluding hydrogens is 370 g/mol. The number of fused-ring (bicyclic) bond motifs is 1. The lowest BCUT2D eigenvalue weighted by atomic mass is 9.92. The minimum absolute atomic E-state index is 0.00482. The summed E-state index contributed by atoms with van der Waals surface area (Å²) in [6.07, 6.45) is 8.22. The molecule has 0 saturated carbocycles. The average Bonchev–Trinajstić information content (AvgIpc) is 3.14. The Labute approximate surface area is 168 Å². The van der Waals surface area contributed by atoms with Crippen LogP contribution >= 0.6 is 11.8 Å². The van der Waals surface area contributed by atoms with Crippen LogP contribution in [-0.4, -0.2) is 31.4 Å². The lowest BCUT2D eigenvalue weighted by Crippen LogP contribution is -2.32. The van der Waals surface area contributed by atoms with Gasteiger partial charge in [0.1, 0.15) is 0 Å². The molecule has 1 atom stereocenters. The normalized spacial score (nSPS) is 15.9. The molecule has 2 heterocycles. The van der Waals surface area contributed by atoms with Crippen molar-refractivity contribution in [3.8, 4) is 5.69 Å². The molecule has 0 aliphatic heterocycles. The van der Waals surface area contributed by atoms with Gasteiger partial charge in [0.15, 0.2) is 5.16 Å². The summed E-state index contributed by atoms with van der Waals surface area (Å²) in [6, 6.07) is 8.06. The predicted molar refractivity (Wildman–Crippen MR) is 110 cm³/mol. The molecule has 0 fully saturated rings. The van der Waals surface area contributed by atoms with Crippen LogP contribution in [0.5, 0.6) is 0 Å². The number of carbonyl (C=O) groups excluding carboxylic acids is 1. The fourth-order valence-corrected chi connectivity index (χ4v) is 4.22. The average molecular weight is 394 g/mol. The van der Waals surface area contributed by atoms with Crippen LogP contribution < -0.4 is 5.32 Å². The van der Waals surface area contributed by atoms with Crippen molar-refractivity contribution in [3.63, 3.8) is 0 Å². The van der Waals surface area contributed by atoms with Crippen molar-refractivity contribution in [1.82, 2.24) is 25.1 Å². The van der Waals surface area contributed by atoms with Gasteiger partial charge in [0, 0.05) is 23.7 Å². The van der Waals surface area contributed by atoms with Crippen LogP contribution in [0.15, 0.2) is 48.0 Å². The molecule has 0 radical (unpaired) electrons. The monoisotopic (exact) mass is 393 g/mol. The lowest BCUT2D eigenvalue weighted by molar-refractivity contribution is -0.119. The van der Waals surface area contributed by atoms with Gasteiger partial charge in [0.05, 0.1) is 23.7 Å². The second-order valence-corrected chi connectivity index (χ2v) is 7.95. The third-order valence-electron chi connectivity index (χ3n) is 5.20. The van der Waals surface area contributed by atoms with E-state index in [0.29, 0.717) is 10.9 Å². The molecule has 1 N–H and O–H groups in total. The molecule has 1 aliphatic carbocycles. The zero-order valence-electron chi connectivity index (χ0n) is 16.1. The summed E-state index contributed by atoms with van der Waals surface area (Å²) in [7, 11) is 0. The Morgan fingerprint density at radius 2 is 2.07 bits per heavy atom. The van der Waals surface area contributed by atoms with Gasteiger partial charge in [-0.15, -0.1) is 0 Å². The number of nitrogens with zero attached hydrogens (tertiary/aromatic N) is 4. The van der Waals surface area contributed by atoms with Gasteiger partial charge >= 0.3 is 0 Å². The Morgan fingerprint density at radius 3 is 2.89 bits per heavy atom. The van der Waals surface area contributed by atoms with Crippen molar-refractivity contribution in [3.05, 3.63) is 65.2 Å². The Hall–Kier alpha value is -2.67. The molecule has 1 amide bonds. The lowest BCUT2D eigenvalue weighted by Gasteiger charge is -2.24. The van der Waals surface area contributed by atoms with Gasteiger partial charge in [-0.2, -0.15) is 5.10 Å². The molecule has 7 heteroatoms. The molecule has 2 aromatic heterocycles. The van der Waals surface area contributed by atoms with Crippen LogP contribution in [0, 0.1) is 13.8 Å². The number of amides is 1. The molecule has 4 rings (SSSR count). The van der Waals surface area contributed by atoms with Crippen molar-refractivity contribution < 1.29 is 4.79 Å². The van der Waals surface area contributed by atoms with Gasteiger partial charge in [-0.25, -0.2) is 14.6 Å². The third-order valence-corrected chi connectivity index (χ3v) is 6.07. The van der Waals surface area contributed by atoms with Gasteiger partial charge in [-0.3, -0.25) is 4.79 Å². The highest BCUT2D eigenvalue weighted by atomic mass is 32.2. The maximum absolute atomic E-state index is 12.5. The van der Waals surface area contributed by atoms with Gasteiger partial charge in [0.2, 0.25) is 5.91 Å². The van der Waals surface area contributed by atoms with Crippen LogP contribution in [-0.2, 0) is 11.2 Å². The molecule has 1 unspecified atom stereocenters. The maximum atomic E-state index is 12.5. The van der Waals surface area contributed by atoms with Crippen molar-refractivity contribution in [2.75, 3.05) is 5.75 Å². The van der Waals surface area contributed by atoms with E-state index in [0.717, 1.165) is 30.5 Å². The molecule has 6 nitrogen and oxygen atoms in total. The Bertz CT molecular complexity index is 986. The first-order valence-electron chi connectivity index (χ1n) is 9.46. The fraction of sp³-hybridized carbons (Fsp3) is 0.333. The molecule has 1 aliphatic rings. The molecular formula is C21H23N5OS. The number of hydrogen-bond donors (Lipinski definition) is 1. The SMILES string of the molecule is Cc1cccc(-n2ncc3c2CCCC3NC(=O)CSc2ncccn2)c1C. The van der Waals surface area contributed by atoms with Gasteiger partial charge in [-0.1, -0.05) is 23.9 Å². The Morgan fingerprint density at radius 1 is 1.25 bits per heavy atom. The third kappa shape index (κ3) is 3.80. The number of nitrogens with one attached hydrogen (secondary N) is 1. The zero-order chi connectivity index (χ0) is 19.5. The van der Waals surface area contributed by atoms with Crippen molar-refractivity contribution in [1.29, 1.82) is 0 Å². The highest BCUT2D eigenvalue weighted by molar-refractivity contribution is 7.99. The topological polar surface area (TPSA) is 72.7 Å². The predicted octanol–water partition coefficient (Wildman–Crippen LogP) is 3.57. The van der Waals surface area contributed by atoms with E-state index in [1.165, 1.54) is 28.6 Å². The molecule has 0 bridgehead atoms. The number of aromatic nitrogens is 4. The molecule has 28 heavy (non-hydrogen) atoms. The van der Waals surface area contributed by atoms with E-state index in [4.69, 9.17) is 0 Å². The summed E-state index contributed by atoms with van der Waals surface area (Å²) in [5.74, 6) is 0.302.